The van der Waals surface area contributed by atoms with Gasteiger partial charge in [0.1, 0.15) is 0 Å². The second-order valence-corrected chi connectivity index (χ2v) is 6.18. The van der Waals surface area contributed by atoms with Gasteiger partial charge in [0, 0.05) is 11.8 Å². The van der Waals surface area contributed by atoms with Crippen molar-refractivity contribution >= 4 is 16.9 Å². The Labute approximate surface area is 104 Å². The van der Waals surface area contributed by atoms with E-state index in [9.17, 15) is 0 Å². The van der Waals surface area contributed by atoms with E-state index in [4.69, 9.17) is 4.99 Å². The van der Waals surface area contributed by atoms with Gasteiger partial charge in [0.25, 0.3) is 0 Å². The van der Waals surface area contributed by atoms with Crippen molar-refractivity contribution in [3.8, 4) is 0 Å². The molecule has 1 heterocycles. The lowest BCUT2D eigenvalue weighted by atomic mass is 9.94. The van der Waals surface area contributed by atoms with Crippen LogP contribution in [0.5, 0.6) is 0 Å². The van der Waals surface area contributed by atoms with Gasteiger partial charge >= 0.3 is 0 Å². The molecule has 2 nitrogen and oxygen atoms in total. The van der Waals surface area contributed by atoms with Crippen LogP contribution >= 0.6 is 11.8 Å². The van der Waals surface area contributed by atoms with Gasteiger partial charge in [-0.3, -0.25) is 4.99 Å². The smallest absolute Gasteiger partial charge is 0.157 e. The van der Waals surface area contributed by atoms with Gasteiger partial charge in [-0.2, -0.15) is 0 Å². The summed E-state index contributed by atoms with van der Waals surface area (Å²) in [4.78, 5) is 4.92. The van der Waals surface area contributed by atoms with Gasteiger partial charge in [0.05, 0.1) is 6.04 Å². The SMILES string of the molecule is CCC1CSC(=NC2CCC(CC)C2C)N1. The molecule has 1 saturated heterocycles. The lowest BCUT2D eigenvalue weighted by molar-refractivity contribution is 0.383. The zero-order valence-electron chi connectivity index (χ0n) is 10.7. The molecular weight excluding hydrogens is 216 g/mol. The summed E-state index contributed by atoms with van der Waals surface area (Å²) in [6.45, 7) is 6.94. The predicted molar refractivity (Wildman–Crippen MR) is 73.1 cm³/mol. The molecule has 3 heteroatoms. The summed E-state index contributed by atoms with van der Waals surface area (Å²) in [7, 11) is 0. The second-order valence-electron chi connectivity index (χ2n) is 5.17. The first-order chi connectivity index (χ1) is 7.74. The first-order valence-corrected chi connectivity index (χ1v) is 7.70. The van der Waals surface area contributed by atoms with Gasteiger partial charge in [-0.1, -0.05) is 39.0 Å². The molecule has 0 aromatic carbocycles. The third-order valence-corrected chi connectivity index (χ3v) is 5.30. The van der Waals surface area contributed by atoms with Crippen molar-refractivity contribution in [2.75, 3.05) is 5.75 Å². The molecule has 0 bridgehead atoms. The van der Waals surface area contributed by atoms with Crippen LogP contribution in [0, 0.1) is 11.8 Å². The molecule has 16 heavy (non-hydrogen) atoms. The number of nitrogens with one attached hydrogen (secondary N) is 1. The lowest BCUT2D eigenvalue weighted by Crippen LogP contribution is -2.27. The van der Waals surface area contributed by atoms with E-state index in [2.05, 4.69) is 26.1 Å². The number of thioether (sulfide) groups is 1. The molecule has 2 aliphatic rings. The lowest BCUT2D eigenvalue weighted by Gasteiger charge is -2.17. The molecular formula is C13H24N2S. The molecule has 92 valence electrons. The number of hydrogen-bond acceptors (Lipinski definition) is 2. The van der Waals surface area contributed by atoms with E-state index in [0.29, 0.717) is 12.1 Å². The van der Waals surface area contributed by atoms with Crippen LogP contribution in [0.3, 0.4) is 0 Å². The van der Waals surface area contributed by atoms with Crippen molar-refractivity contribution in [3.63, 3.8) is 0 Å². The number of nitrogens with zero attached hydrogens (tertiary/aromatic N) is 1. The average Bonchev–Trinajstić information content (AvgIpc) is 2.88. The Hall–Kier alpha value is -0.180. The summed E-state index contributed by atoms with van der Waals surface area (Å²) in [5.74, 6) is 2.89. The zero-order chi connectivity index (χ0) is 11.5. The van der Waals surface area contributed by atoms with E-state index >= 15 is 0 Å². The maximum Gasteiger partial charge on any atom is 0.157 e. The summed E-state index contributed by atoms with van der Waals surface area (Å²) < 4.78 is 0. The van der Waals surface area contributed by atoms with Crippen molar-refractivity contribution in [1.29, 1.82) is 0 Å². The van der Waals surface area contributed by atoms with E-state index in [1.54, 1.807) is 0 Å². The minimum absolute atomic E-state index is 0.579. The molecule has 1 aliphatic carbocycles. The van der Waals surface area contributed by atoms with E-state index in [0.717, 1.165) is 11.8 Å². The summed E-state index contributed by atoms with van der Waals surface area (Å²) in [6.07, 6.45) is 5.20. The first-order valence-electron chi connectivity index (χ1n) is 6.71. The average molecular weight is 240 g/mol. The normalized spacial score (nSPS) is 41.6. The number of aliphatic imine (C=N–C) groups is 1. The highest BCUT2D eigenvalue weighted by atomic mass is 32.2. The largest absolute Gasteiger partial charge is 0.361 e. The monoisotopic (exact) mass is 240 g/mol. The van der Waals surface area contributed by atoms with Crippen LogP contribution in [0.2, 0.25) is 0 Å². The van der Waals surface area contributed by atoms with Crippen LogP contribution in [0.15, 0.2) is 4.99 Å². The molecule has 0 amide bonds. The number of hydrogen-bond donors (Lipinski definition) is 1. The molecule has 1 N–H and O–H groups in total. The van der Waals surface area contributed by atoms with Crippen LogP contribution in [0.1, 0.15) is 46.5 Å². The van der Waals surface area contributed by atoms with Crippen molar-refractivity contribution in [2.45, 2.75) is 58.5 Å². The molecule has 4 atom stereocenters. The van der Waals surface area contributed by atoms with Crippen molar-refractivity contribution in [2.24, 2.45) is 16.8 Å². The van der Waals surface area contributed by atoms with Gasteiger partial charge in [-0.05, 0) is 31.1 Å². The number of amidine groups is 1. The van der Waals surface area contributed by atoms with E-state index in [-0.39, 0.29) is 0 Å². The molecule has 0 radical (unpaired) electrons. The van der Waals surface area contributed by atoms with Gasteiger partial charge in [0.15, 0.2) is 5.17 Å². The van der Waals surface area contributed by atoms with Crippen molar-refractivity contribution < 1.29 is 0 Å². The standard InChI is InChI=1S/C13H24N2S/c1-4-10-6-7-12(9(10)3)15-13-14-11(5-2)8-16-13/h9-12H,4-8H2,1-3H3,(H,14,15). The first kappa shape index (κ1) is 12.3. The molecule has 2 rings (SSSR count). The van der Waals surface area contributed by atoms with E-state index in [1.165, 1.54) is 36.6 Å². The van der Waals surface area contributed by atoms with Crippen LogP contribution in [-0.4, -0.2) is 23.0 Å². The second kappa shape index (κ2) is 5.44. The Morgan fingerprint density at radius 2 is 2.12 bits per heavy atom. The molecule has 0 aromatic rings. The fourth-order valence-electron chi connectivity index (χ4n) is 2.87. The third-order valence-electron chi connectivity index (χ3n) is 4.23. The van der Waals surface area contributed by atoms with Crippen LogP contribution < -0.4 is 5.32 Å². The highest BCUT2D eigenvalue weighted by Crippen LogP contribution is 2.36. The predicted octanol–water partition coefficient (Wildman–Crippen LogP) is 3.28. The Balaban J connectivity index is 1.92. The van der Waals surface area contributed by atoms with Gasteiger partial charge in [-0.25, -0.2) is 0 Å². The molecule has 0 spiro atoms. The number of rotatable bonds is 3. The Morgan fingerprint density at radius 1 is 1.31 bits per heavy atom. The molecule has 2 fully saturated rings. The van der Waals surface area contributed by atoms with Crippen molar-refractivity contribution in [3.05, 3.63) is 0 Å². The minimum atomic E-state index is 0.579. The maximum atomic E-state index is 4.92. The van der Waals surface area contributed by atoms with E-state index in [1.807, 2.05) is 11.8 Å². The summed E-state index contributed by atoms with van der Waals surface area (Å²) in [5, 5.41) is 4.74. The topological polar surface area (TPSA) is 24.4 Å². The fraction of sp³-hybridized carbons (Fsp3) is 0.923. The Kier molecular flexibility index (Phi) is 4.17. The third kappa shape index (κ3) is 2.55. The fourth-order valence-corrected chi connectivity index (χ4v) is 4.00. The molecule has 1 saturated carbocycles. The van der Waals surface area contributed by atoms with Crippen LogP contribution in [0.4, 0.5) is 0 Å². The van der Waals surface area contributed by atoms with Crippen LogP contribution in [0.25, 0.3) is 0 Å². The molecule has 0 aromatic heterocycles. The minimum Gasteiger partial charge on any atom is -0.361 e. The highest BCUT2D eigenvalue weighted by Gasteiger charge is 2.32. The van der Waals surface area contributed by atoms with Crippen LogP contribution in [-0.2, 0) is 0 Å². The zero-order valence-corrected chi connectivity index (χ0v) is 11.5. The summed E-state index contributed by atoms with van der Waals surface area (Å²) in [6, 6.07) is 1.23. The Morgan fingerprint density at radius 3 is 2.69 bits per heavy atom. The van der Waals surface area contributed by atoms with Gasteiger partial charge in [-0.15, -0.1) is 0 Å². The highest BCUT2D eigenvalue weighted by molar-refractivity contribution is 8.14. The van der Waals surface area contributed by atoms with E-state index < -0.39 is 0 Å². The Bertz CT molecular complexity index is 265. The maximum absolute atomic E-state index is 4.92. The van der Waals surface area contributed by atoms with Crippen molar-refractivity contribution in [1.82, 2.24) is 5.32 Å². The quantitative estimate of drug-likeness (QED) is 0.818. The molecule has 4 unspecified atom stereocenters. The van der Waals surface area contributed by atoms with Gasteiger partial charge in [0.2, 0.25) is 0 Å². The summed E-state index contributed by atoms with van der Waals surface area (Å²) >= 11 is 1.91. The van der Waals surface area contributed by atoms with Gasteiger partial charge < -0.3 is 5.32 Å². The molecule has 1 aliphatic heterocycles. The summed E-state index contributed by atoms with van der Waals surface area (Å²) in [5.41, 5.74) is 0.